The molecule has 0 saturated heterocycles. The van der Waals surface area contributed by atoms with E-state index in [0.29, 0.717) is 27.3 Å². The van der Waals surface area contributed by atoms with Crippen LogP contribution in [0, 0.1) is 10.1 Å². The minimum atomic E-state index is -0.541. The first kappa shape index (κ1) is 13.8. The van der Waals surface area contributed by atoms with Crippen molar-refractivity contribution in [1.82, 2.24) is 0 Å². The molecular weight excluding hydrogens is 318 g/mol. The van der Waals surface area contributed by atoms with Gasteiger partial charge >= 0.3 is 5.69 Å². The number of nitro benzene ring substituents is 1. The lowest BCUT2D eigenvalue weighted by atomic mass is 9.98. The maximum absolute atomic E-state index is 11.6. The van der Waals surface area contributed by atoms with Crippen LogP contribution in [0.4, 0.5) is 5.69 Å². The topological polar surface area (TPSA) is 76.5 Å². The maximum atomic E-state index is 11.6. The third-order valence-electron chi connectivity index (χ3n) is 4.64. The number of phenolic OH excluding ortho intramolecular Hbond substituents is 1. The van der Waals surface area contributed by atoms with Gasteiger partial charge in [0.2, 0.25) is 0 Å². The summed E-state index contributed by atoms with van der Waals surface area (Å²) >= 11 is 0. The smallest absolute Gasteiger partial charge is 0.319 e. The van der Waals surface area contributed by atoms with Gasteiger partial charge in [0.05, 0.1) is 10.3 Å². The zero-order valence-electron chi connectivity index (χ0n) is 12.9. The van der Waals surface area contributed by atoms with E-state index in [0.717, 1.165) is 16.2 Å². The van der Waals surface area contributed by atoms with E-state index in [1.165, 1.54) is 6.07 Å². The summed E-state index contributed by atoms with van der Waals surface area (Å²) in [6.07, 6.45) is 0. The van der Waals surface area contributed by atoms with Crippen LogP contribution in [-0.4, -0.2) is 10.0 Å². The Hall–Kier alpha value is -3.60. The van der Waals surface area contributed by atoms with E-state index in [2.05, 4.69) is 0 Å². The van der Waals surface area contributed by atoms with Gasteiger partial charge in [-0.2, -0.15) is 0 Å². The second-order valence-electron chi connectivity index (χ2n) is 5.99. The first-order valence-corrected chi connectivity index (χ1v) is 7.78. The zero-order valence-corrected chi connectivity index (χ0v) is 12.9. The van der Waals surface area contributed by atoms with Crippen LogP contribution in [0.1, 0.15) is 0 Å². The van der Waals surface area contributed by atoms with Gasteiger partial charge in [0.1, 0.15) is 11.2 Å². The molecule has 5 aromatic rings. The van der Waals surface area contributed by atoms with Gasteiger partial charge < -0.3 is 9.52 Å². The molecule has 0 atom stereocenters. The highest BCUT2D eigenvalue weighted by atomic mass is 16.6. The van der Waals surface area contributed by atoms with Gasteiger partial charge in [0.15, 0.2) is 5.75 Å². The van der Waals surface area contributed by atoms with Crippen LogP contribution in [0.5, 0.6) is 5.75 Å². The molecule has 0 amide bonds. The first-order valence-electron chi connectivity index (χ1n) is 7.78. The number of benzene rings is 4. The Morgan fingerprint density at radius 1 is 0.800 bits per heavy atom. The second-order valence-corrected chi connectivity index (χ2v) is 5.99. The average Bonchev–Trinajstić information content (AvgIpc) is 3.00. The fraction of sp³-hybridized carbons (Fsp3) is 0. The molecule has 120 valence electrons. The van der Waals surface area contributed by atoms with E-state index in [1.807, 2.05) is 42.5 Å². The monoisotopic (exact) mass is 329 g/mol. The molecule has 0 aliphatic heterocycles. The van der Waals surface area contributed by atoms with Gasteiger partial charge in [0.25, 0.3) is 0 Å². The molecule has 5 nitrogen and oxygen atoms in total. The van der Waals surface area contributed by atoms with Gasteiger partial charge in [-0.1, -0.05) is 42.5 Å². The van der Waals surface area contributed by atoms with E-state index < -0.39 is 4.92 Å². The number of hydrogen-bond acceptors (Lipinski definition) is 4. The standard InChI is InChI=1S/C20H11NO4/c22-14-8-5-12-7-10-16-19(17(12)20(14)21(23)24)18-13-4-2-1-3-11(13)6-9-15(18)25-16/h1-10,22H. The van der Waals surface area contributed by atoms with Gasteiger partial charge in [-0.3, -0.25) is 10.1 Å². The van der Waals surface area contributed by atoms with Gasteiger partial charge in [0, 0.05) is 10.8 Å². The second kappa shape index (κ2) is 4.70. The van der Waals surface area contributed by atoms with Gasteiger partial charge in [-0.15, -0.1) is 0 Å². The third kappa shape index (κ3) is 1.77. The Labute approximate surface area is 140 Å². The fourth-order valence-electron chi connectivity index (χ4n) is 3.60. The van der Waals surface area contributed by atoms with E-state index in [1.54, 1.807) is 12.1 Å². The molecule has 0 unspecified atom stereocenters. The number of furan rings is 1. The molecule has 1 heterocycles. The number of aromatic hydroxyl groups is 1. The molecule has 0 spiro atoms. The third-order valence-corrected chi connectivity index (χ3v) is 4.64. The van der Waals surface area contributed by atoms with Crippen molar-refractivity contribution in [3.63, 3.8) is 0 Å². The largest absolute Gasteiger partial charge is 0.502 e. The summed E-state index contributed by atoms with van der Waals surface area (Å²) in [5, 5.41) is 26.3. The molecule has 0 bridgehead atoms. The van der Waals surface area contributed by atoms with Crippen molar-refractivity contribution in [3.05, 3.63) is 70.8 Å². The van der Waals surface area contributed by atoms with E-state index in [-0.39, 0.29) is 11.4 Å². The van der Waals surface area contributed by atoms with Gasteiger partial charge in [-0.05, 0) is 34.4 Å². The van der Waals surface area contributed by atoms with Crippen molar-refractivity contribution in [3.8, 4) is 5.75 Å². The number of fused-ring (bicyclic) bond motifs is 7. The number of phenols is 1. The molecule has 0 fully saturated rings. The average molecular weight is 329 g/mol. The first-order chi connectivity index (χ1) is 12.1. The van der Waals surface area contributed by atoms with Crippen LogP contribution in [0.3, 0.4) is 0 Å². The predicted molar refractivity (Wildman–Crippen MR) is 97.1 cm³/mol. The van der Waals surface area contributed by atoms with Crippen molar-refractivity contribution >= 4 is 49.2 Å². The van der Waals surface area contributed by atoms with Crippen LogP contribution < -0.4 is 0 Å². The summed E-state index contributed by atoms with van der Waals surface area (Å²) < 4.78 is 5.94. The van der Waals surface area contributed by atoms with Crippen molar-refractivity contribution < 1.29 is 14.4 Å². The molecule has 0 radical (unpaired) electrons. The Morgan fingerprint density at radius 2 is 1.48 bits per heavy atom. The quantitative estimate of drug-likeness (QED) is 0.325. The number of hydrogen-bond donors (Lipinski definition) is 1. The summed E-state index contributed by atoms with van der Waals surface area (Å²) in [5.74, 6) is -0.348. The van der Waals surface area contributed by atoms with Crippen LogP contribution in [0.25, 0.3) is 43.5 Å². The highest BCUT2D eigenvalue weighted by Gasteiger charge is 2.23. The number of nitrogens with zero attached hydrogens (tertiary/aromatic N) is 1. The SMILES string of the molecule is O=[N+]([O-])c1c(O)ccc2ccc3oc4ccc5ccccc5c4c3c12. The molecule has 0 saturated carbocycles. The molecule has 0 aliphatic rings. The summed E-state index contributed by atoms with van der Waals surface area (Å²) in [7, 11) is 0. The lowest BCUT2D eigenvalue weighted by Gasteiger charge is -2.04. The lowest BCUT2D eigenvalue weighted by Crippen LogP contribution is -1.91. The summed E-state index contributed by atoms with van der Waals surface area (Å²) in [6.45, 7) is 0. The van der Waals surface area contributed by atoms with E-state index >= 15 is 0 Å². The predicted octanol–water partition coefficient (Wildman–Crippen LogP) is 5.51. The maximum Gasteiger partial charge on any atom is 0.319 e. The van der Waals surface area contributed by atoms with Crippen LogP contribution in [0.15, 0.2) is 65.1 Å². The summed E-state index contributed by atoms with van der Waals surface area (Å²) in [6, 6.07) is 18.3. The minimum absolute atomic E-state index is 0.293. The Bertz CT molecular complexity index is 1330. The fourth-order valence-corrected chi connectivity index (χ4v) is 3.60. The number of rotatable bonds is 1. The molecule has 1 aromatic heterocycles. The lowest BCUT2D eigenvalue weighted by molar-refractivity contribution is -0.384. The highest BCUT2D eigenvalue weighted by molar-refractivity contribution is 6.28. The highest BCUT2D eigenvalue weighted by Crippen LogP contribution is 2.44. The summed E-state index contributed by atoms with van der Waals surface area (Å²) in [5.41, 5.74) is 0.935. The Kier molecular flexibility index (Phi) is 2.60. The number of nitro groups is 1. The molecule has 1 N–H and O–H groups in total. The van der Waals surface area contributed by atoms with Gasteiger partial charge in [-0.25, -0.2) is 0 Å². The zero-order chi connectivity index (χ0) is 17.1. The molecule has 5 heteroatoms. The summed E-state index contributed by atoms with van der Waals surface area (Å²) in [4.78, 5) is 11.1. The molecule has 4 aromatic carbocycles. The van der Waals surface area contributed by atoms with E-state index in [4.69, 9.17) is 4.42 Å². The Morgan fingerprint density at radius 3 is 2.28 bits per heavy atom. The van der Waals surface area contributed by atoms with Crippen molar-refractivity contribution in [2.75, 3.05) is 0 Å². The van der Waals surface area contributed by atoms with Crippen LogP contribution in [-0.2, 0) is 0 Å². The normalized spacial score (nSPS) is 11.7. The minimum Gasteiger partial charge on any atom is -0.502 e. The molecular formula is C20H11NO4. The van der Waals surface area contributed by atoms with Crippen molar-refractivity contribution in [2.24, 2.45) is 0 Å². The molecule has 5 rings (SSSR count). The van der Waals surface area contributed by atoms with Crippen molar-refractivity contribution in [1.29, 1.82) is 0 Å². The van der Waals surface area contributed by atoms with Crippen LogP contribution >= 0.6 is 0 Å². The Balaban J connectivity index is 2.17. The van der Waals surface area contributed by atoms with E-state index in [9.17, 15) is 15.2 Å². The van der Waals surface area contributed by atoms with Crippen molar-refractivity contribution in [2.45, 2.75) is 0 Å². The van der Waals surface area contributed by atoms with Crippen LogP contribution in [0.2, 0.25) is 0 Å². The molecule has 25 heavy (non-hydrogen) atoms. The molecule has 0 aliphatic carbocycles.